The number of ether oxygens (including phenoxy) is 1. The molecule has 0 saturated carbocycles. The molecule has 30 heavy (non-hydrogen) atoms. The van der Waals surface area contributed by atoms with Gasteiger partial charge in [0, 0.05) is 38.6 Å². The highest BCUT2D eigenvalue weighted by molar-refractivity contribution is 5.78. The number of aromatic nitrogens is 1. The van der Waals surface area contributed by atoms with Crippen molar-refractivity contribution in [2.24, 2.45) is 7.05 Å². The van der Waals surface area contributed by atoms with E-state index in [9.17, 15) is 4.79 Å². The fourth-order valence-electron chi connectivity index (χ4n) is 4.23. The van der Waals surface area contributed by atoms with Crippen molar-refractivity contribution >= 4 is 5.91 Å². The largest absolute Gasteiger partial charge is 0.497 e. The van der Waals surface area contributed by atoms with Crippen molar-refractivity contribution in [3.05, 3.63) is 89.2 Å². The van der Waals surface area contributed by atoms with Gasteiger partial charge in [-0.15, -0.1) is 0 Å². The van der Waals surface area contributed by atoms with Crippen molar-refractivity contribution in [2.75, 3.05) is 20.2 Å². The summed E-state index contributed by atoms with van der Waals surface area (Å²) in [5.41, 5.74) is 5.02. The van der Waals surface area contributed by atoms with Gasteiger partial charge < -0.3 is 14.6 Å². The summed E-state index contributed by atoms with van der Waals surface area (Å²) in [6.07, 6.45) is 3.48. The SMILES string of the molecule is COc1ccc(CC(=O)NCC(c2cccn2C)N2CCc3ccccc3C2)cc1. The summed E-state index contributed by atoms with van der Waals surface area (Å²) in [6, 6.07) is 20.7. The van der Waals surface area contributed by atoms with Gasteiger partial charge in [-0.25, -0.2) is 0 Å². The predicted octanol–water partition coefficient (Wildman–Crippen LogP) is 3.49. The standard InChI is InChI=1S/C25H29N3O2/c1-27-14-5-8-23(27)24(28-15-13-20-6-3-4-7-21(20)18-28)17-26-25(29)16-19-9-11-22(30-2)12-10-19/h3-12,14,24H,13,15-18H2,1-2H3,(H,26,29). The van der Waals surface area contributed by atoms with Gasteiger partial charge in [-0.2, -0.15) is 0 Å². The smallest absolute Gasteiger partial charge is 0.224 e. The van der Waals surface area contributed by atoms with Crippen LogP contribution in [-0.2, 0) is 31.2 Å². The second kappa shape index (κ2) is 9.18. The normalized spacial score (nSPS) is 14.7. The topological polar surface area (TPSA) is 46.5 Å². The third kappa shape index (κ3) is 4.57. The van der Waals surface area contributed by atoms with Gasteiger partial charge in [0.2, 0.25) is 5.91 Å². The van der Waals surface area contributed by atoms with E-state index < -0.39 is 0 Å². The quantitative estimate of drug-likeness (QED) is 0.657. The summed E-state index contributed by atoms with van der Waals surface area (Å²) in [6.45, 7) is 2.48. The lowest BCUT2D eigenvalue weighted by Crippen LogP contribution is -2.41. The van der Waals surface area contributed by atoms with Crippen LogP contribution < -0.4 is 10.1 Å². The summed E-state index contributed by atoms with van der Waals surface area (Å²) >= 11 is 0. The Kier molecular flexibility index (Phi) is 6.19. The third-order valence-electron chi connectivity index (χ3n) is 5.94. The maximum Gasteiger partial charge on any atom is 0.224 e. The molecule has 1 aliphatic heterocycles. The Hall–Kier alpha value is -3.05. The molecule has 1 aromatic heterocycles. The Bertz CT molecular complexity index is 994. The monoisotopic (exact) mass is 403 g/mol. The molecule has 2 heterocycles. The number of nitrogens with one attached hydrogen (secondary N) is 1. The molecule has 1 unspecified atom stereocenters. The van der Waals surface area contributed by atoms with E-state index in [0.717, 1.165) is 30.8 Å². The molecular formula is C25H29N3O2. The molecule has 1 atom stereocenters. The number of aryl methyl sites for hydroxylation is 1. The zero-order valence-corrected chi connectivity index (χ0v) is 17.7. The first kappa shape index (κ1) is 20.2. The fourth-order valence-corrected chi connectivity index (χ4v) is 4.23. The number of hydrogen-bond donors (Lipinski definition) is 1. The number of hydrogen-bond acceptors (Lipinski definition) is 3. The number of nitrogens with zero attached hydrogens (tertiary/aromatic N) is 2. The maximum absolute atomic E-state index is 12.6. The Labute approximate surface area is 178 Å². The van der Waals surface area contributed by atoms with Crippen molar-refractivity contribution in [1.29, 1.82) is 0 Å². The third-order valence-corrected chi connectivity index (χ3v) is 5.94. The van der Waals surface area contributed by atoms with E-state index in [4.69, 9.17) is 4.74 Å². The Morgan fingerprint density at radius 1 is 1.07 bits per heavy atom. The maximum atomic E-state index is 12.6. The van der Waals surface area contributed by atoms with E-state index in [1.165, 1.54) is 16.8 Å². The lowest BCUT2D eigenvalue weighted by Gasteiger charge is -2.36. The van der Waals surface area contributed by atoms with E-state index in [-0.39, 0.29) is 11.9 Å². The fraction of sp³-hybridized carbons (Fsp3) is 0.320. The van der Waals surface area contributed by atoms with Crippen LogP contribution in [-0.4, -0.2) is 35.6 Å². The second-order valence-electron chi connectivity index (χ2n) is 7.88. The van der Waals surface area contributed by atoms with Gasteiger partial charge in [-0.05, 0) is 47.4 Å². The van der Waals surface area contributed by atoms with Crippen molar-refractivity contribution in [3.8, 4) is 5.75 Å². The van der Waals surface area contributed by atoms with E-state index in [0.29, 0.717) is 13.0 Å². The first-order valence-corrected chi connectivity index (χ1v) is 10.5. The summed E-state index contributed by atoms with van der Waals surface area (Å²) in [7, 11) is 3.71. The van der Waals surface area contributed by atoms with Crippen LogP contribution in [0.3, 0.4) is 0 Å². The molecule has 0 radical (unpaired) electrons. The highest BCUT2D eigenvalue weighted by Crippen LogP contribution is 2.27. The van der Waals surface area contributed by atoms with Crippen LogP contribution >= 0.6 is 0 Å². The van der Waals surface area contributed by atoms with Crippen LogP contribution in [0.15, 0.2) is 66.9 Å². The molecule has 1 N–H and O–H groups in total. The molecule has 0 saturated heterocycles. The first-order chi connectivity index (χ1) is 14.6. The Morgan fingerprint density at radius 3 is 2.53 bits per heavy atom. The highest BCUT2D eigenvalue weighted by atomic mass is 16.5. The molecule has 0 spiro atoms. The van der Waals surface area contributed by atoms with Gasteiger partial charge in [0.05, 0.1) is 19.6 Å². The summed E-state index contributed by atoms with van der Waals surface area (Å²) in [5.74, 6) is 0.838. The summed E-state index contributed by atoms with van der Waals surface area (Å²) in [4.78, 5) is 15.1. The van der Waals surface area contributed by atoms with Crippen LogP contribution in [0, 0.1) is 0 Å². The van der Waals surface area contributed by atoms with Crippen LogP contribution in [0.5, 0.6) is 5.75 Å². The number of carbonyl (C=O) groups excluding carboxylic acids is 1. The lowest BCUT2D eigenvalue weighted by molar-refractivity contribution is -0.120. The minimum absolute atomic E-state index is 0.0387. The number of amides is 1. The second-order valence-corrected chi connectivity index (χ2v) is 7.88. The van der Waals surface area contributed by atoms with Crippen molar-refractivity contribution < 1.29 is 9.53 Å². The van der Waals surface area contributed by atoms with Gasteiger partial charge in [0.15, 0.2) is 0 Å². The molecule has 3 aromatic rings. The van der Waals surface area contributed by atoms with Gasteiger partial charge >= 0.3 is 0 Å². The molecule has 1 amide bonds. The molecule has 1 aliphatic rings. The molecule has 5 nitrogen and oxygen atoms in total. The zero-order valence-electron chi connectivity index (χ0n) is 17.7. The summed E-state index contributed by atoms with van der Waals surface area (Å²) in [5, 5.41) is 3.17. The van der Waals surface area contributed by atoms with E-state index in [2.05, 4.69) is 64.4 Å². The number of carbonyl (C=O) groups is 1. The number of rotatable bonds is 7. The predicted molar refractivity (Wildman–Crippen MR) is 118 cm³/mol. The average Bonchev–Trinajstić information content (AvgIpc) is 3.20. The van der Waals surface area contributed by atoms with Crippen LogP contribution in [0.1, 0.15) is 28.4 Å². The lowest BCUT2D eigenvalue weighted by atomic mass is 9.97. The van der Waals surface area contributed by atoms with E-state index >= 15 is 0 Å². The van der Waals surface area contributed by atoms with Crippen molar-refractivity contribution in [1.82, 2.24) is 14.8 Å². The minimum atomic E-state index is 0.0387. The van der Waals surface area contributed by atoms with Crippen LogP contribution in [0.2, 0.25) is 0 Å². The van der Waals surface area contributed by atoms with Crippen molar-refractivity contribution in [2.45, 2.75) is 25.4 Å². The first-order valence-electron chi connectivity index (χ1n) is 10.5. The molecule has 4 rings (SSSR count). The van der Waals surface area contributed by atoms with Gasteiger partial charge in [-0.3, -0.25) is 9.69 Å². The van der Waals surface area contributed by atoms with Crippen LogP contribution in [0.4, 0.5) is 0 Å². The molecular weight excluding hydrogens is 374 g/mol. The van der Waals surface area contributed by atoms with Gasteiger partial charge in [0.25, 0.3) is 0 Å². The van der Waals surface area contributed by atoms with E-state index in [1.54, 1.807) is 7.11 Å². The molecule has 0 fully saturated rings. The van der Waals surface area contributed by atoms with Gasteiger partial charge in [-0.1, -0.05) is 36.4 Å². The zero-order chi connectivity index (χ0) is 20.9. The molecule has 0 bridgehead atoms. The molecule has 156 valence electrons. The molecule has 2 aromatic carbocycles. The number of benzene rings is 2. The highest BCUT2D eigenvalue weighted by Gasteiger charge is 2.26. The Morgan fingerprint density at radius 2 is 1.83 bits per heavy atom. The van der Waals surface area contributed by atoms with E-state index in [1.807, 2.05) is 24.3 Å². The van der Waals surface area contributed by atoms with Gasteiger partial charge in [0.1, 0.15) is 5.75 Å². The molecule has 5 heteroatoms. The van der Waals surface area contributed by atoms with Crippen molar-refractivity contribution in [3.63, 3.8) is 0 Å². The average molecular weight is 404 g/mol. The number of fused-ring (bicyclic) bond motifs is 1. The molecule has 0 aliphatic carbocycles. The summed E-state index contributed by atoms with van der Waals surface area (Å²) < 4.78 is 7.34. The number of methoxy groups -OCH3 is 1. The Balaban J connectivity index is 1.44. The van der Waals surface area contributed by atoms with Crippen LogP contribution in [0.25, 0.3) is 0 Å². The minimum Gasteiger partial charge on any atom is -0.497 e.